The van der Waals surface area contributed by atoms with Gasteiger partial charge in [0.1, 0.15) is 5.82 Å². The molecule has 21 heavy (non-hydrogen) atoms. The van der Waals surface area contributed by atoms with E-state index in [4.69, 9.17) is 0 Å². The Bertz CT molecular complexity index is 895. The Morgan fingerprint density at radius 2 is 2.19 bits per heavy atom. The van der Waals surface area contributed by atoms with Crippen LogP contribution >= 0.6 is 0 Å². The number of nitrogens with one attached hydrogen (secondary N) is 1. The van der Waals surface area contributed by atoms with Crippen LogP contribution in [0.2, 0.25) is 0 Å². The zero-order chi connectivity index (χ0) is 15.0. The summed E-state index contributed by atoms with van der Waals surface area (Å²) in [4.78, 5) is 30.7. The van der Waals surface area contributed by atoms with E-state index in [1.807, 2.05) is 0 Å². The van der Waals surface area contributed by atoms with E-state index in [9.17, 15) is 9.59 Å². The van der Waals surface area contributed by atoms with Crippen molar-refractivity contribution in [3.05, 3.63) is 46.5 Å². The highest BCUT2D eigenvalue weighted by Gasteiger charge is 2.11. The summed E-state index contributed by atoms with van der Waals surface area (Å²) in [6.45, 7) is 0. The van der Waals surface area contributed by atoms with E-state index in [1.165, 1.54) is 19.2 Å². The molecule has 0 unspecified atom stereocenters. The Hall–Kier alpha value is -2.96. The third kappa shape index (κ3) is 2.29. The van der Waals surface area contributed by atoms with E-state index in [-0.39, 0.29) is 5.56 Å². The molecule has 3 rings (SSSR count). The summed E-state index contributed by atoms with van der Waals surface area (Å²) in [5, 5.41) is 4.45. The second-order valence-electron chi connectivity index (χ2n) is 4.54. The van der Waals surface area contributed by atoms with Gasteiger partial charge >= 0.3 is 5.97 Å². The van der Waals surface area contributed by atoms with Crippen LogP contribution in [-0.4, -0.2) is 32.8 Å². The van der Waals surface area contributed by atoms with Crippen molar-refractivity contribution in [3.8, 4) is 11.4 Å². The number of nitrogens with zero attached hydrogens (tertiary/aromatic N) is 3. The van der Waals surface area contributed by atoms with Crippen LogP contribution in [0.15, 0.2) is 35.4 Å². The molecule has 0 fully saturated rings. The van der Waals surface area contributed by atoms with Crippen LogP contribution in [0.4, 0.5) is 0 Å². The highest BCUT2D eigenvalue weighted by molar-refractivity contribution is 5.94. The molecule has 1 N–H and O–H groups in total. The van der Waals surface area contributed by atoms with E-state index < -0.39 is 5.97 Å². The van der Waals surface area contributed by atoms with E-state index >= 15 is 0 Å². The number of H-pyrrole nitrogens is 1. The summed E-state index contributed by atoms with van der Waals surface area (Å²) in [5.74, 6) is -0.0653. The van der Waals surface area contributed by atoms with Gasteiger partial charge in [-0.25, -0.2) is 9.78 Å². The molecule has 7 heteroatoms. The molecule has 7 nitrogen and oxygen atoms in total. The van der Waals surface area contributed by atoms with Gasteiger partial charge in [0, 0.05) is 13.2 Å². The summed E-state index contributed by atoms with van der Waals surface area (Å²) in [6, 6.07) is 4.63. The zero-order valence-corrected chi connectivity index (χ0v) is 11.5. The number of ether oxygens (including phenoxy) is 1. The quantitative estimate of drug-likeness (QED) is 0.712. The minimum atomic E-state index is -0.470. The maximum atomic E-state index is 12.1. The van der Waals surface area contributed by atoms with Crippen molar-refractivity contribution in [2.24, 2.45) is 7.05 Å². The highest BCUT2D eigenvalue weighted by atomic mass is 16.5. The molecular weight excluding hydrogens is 272 g/mol. The molecule has 0 spiro atoms. The number of hydrogen-bond donors (Lipinski definition) is 1. The molecule has 0 bridgehead atoms. The predicted molar refractivity (Wildman–Crippen MR) is 75.9 cm³/mol. The number of rotatable bonds is 2. The molecule has 0 atom stereocenters. The first kappa shape index (κ1) is 13.0. The SMILES string of the molecule is COC(=O)c1ccc2c(=O)[nH]c(-c3cnn(C)c3)nc2c1. The number of carbonyl (C=O) groups excluding carboxylic acids is 1. The predicted octanol–water partition coefficient (Wildman–Crippen LogP) is 1.11. The third-order valence-electron chi connectivity index (χ3n) is 3.11. The maximum absolute atomic E-state index is 12.1. The molecule has 106 valence electrons. The number of methoxy groups -OCH3 is 1. The fourth-order valence-electron chi connectivity index (χ4n) is 2.06. The average molecular weight is 284 g/mol. The summed E-state index contributed by atoms with van der Waals surface area (Å²) in [7, 11) is 3.08. The summed E-state index contributed by atoms with van der Waals surface area (Å²) >= 11 is 0. The molecule has 0 aliphatic carbocycles. The van der Waals surface area contributed by atoms with Gasteiger partial charge in [0.05, 0.1) is 35.3 Å². The summed E-state index contributed by atoms with van der Waals surface area (Å²) < 4.78 is 6.28. The second-order valence-corrected chi connectivity index (χ2v) is 4.54. The van der Waals surface area contributed by atoms with Crippen molar-refractivity contribution >= 4 is 16.9 Å². The number of carbonyl (C=O) groups is 1. The Labute approximate surface area is 119 Å². The molecule has 0 aliphatic rings. The van der Waals surface area contributed by atoms with Crippen LogP contribution in [0, 0.1) is 0 Å². The van der Waals surface area contributed by atoms with Crippen molar-refractivity contribution in [3.63, 3.8) is 0 Å². The van der Waals surface area contributed by atoms with Gasteiger partial charge in [-0.15, -0.1) is 0 Å². The van der Waals surface area contributed by atoms with Crippen LogP contribution < -0.4 is 5.56 Å². The van der Waals surface area contributed by atoms with Gasteiger partial charge in [0.2, 0.25) is 0 Å². The molecule has 0 radical (unpaired) electrons. The molecule has 0 saturated carbocycles. The van der Waals surface area contributed by atoms with Gasteiger partial charge in [0.15, 0.2) is 0 Å². The average Bonchev–Trinajstić information content (AvgIpc) is 2.92. The van der Waals surface area contributed by atoms with Crippen LogP contribution in [0.3, 0.4) is 0 Å². The van der Waals surface area contributed by atoms with E-state index in [0.29, 0.717) is 27.9 Å². The van der Waals surface area contributed by atoms with Gasteiger partial charge in [-0.05, 0) is 18.2 Å². The summed E-state index contributed by atoms with van der Waals surface area (Å²) in [5.41, 5.74) is 1.20. The van der Waals surface area contributed by atoms with Gasteiger partial charge in [-0.3, -0.25) is 9.48 Å². The largest absolute Gasteiger partial charge is 0.465 e. The molecule has 1 aromatic carbocycles. The molecule has 2 heterocycles. The number of aromatic amines is 1. The Morgan fingerprint density at radius 3 is 2.86 bits per heavy atom. The number of hydrogen-bond acceptors (Lipinski definition) is 5. The van der Waals surface area contributed by atoms with Gasteiger partial charge in [-0.1, -0.05) is 0 Å². The monoisotopic (exact) mass is 284 g/mol. The van der Waals surface area contributed by atoms with Crippen molar-refractivity contribution in [1.82, 2.24) is 19.7 Å². The minimum Gasteiger partial charge on any atom is -0.465 e. The highest BCUT2D eigenvalue weighted by Crippen LogP contribution is 2.16. The molecule has 0 aliphatic heterocycles. The minimum absolute atomic E-state index is 0.268. The number of benzene rings is 1. The fraction of sp³-hybridized carbons (Fsp3) is 0.143. The van der Waals surface area contributed by atoms with Gasteiger partial charge in [0.25, 0.3) is 5.56 Å². The summed E-state index contributed by atoms with van der Waals surface area (Å²) in [6.07, 6.45) is 3.35. The topological polar surface area (TPSA) is 89.9 Å². The first-order valence-corrected chi connectivity index (χ1v) is 6.20. The lowest BCUT2D eigenvalue weighted by Gasteiger charge is -2.03. The standard InChI is InChI=1S/C14H12N4O3/c1-18-7-9(6-15-18)12-16-11-5-8(14(20)21-2)3-4-10(11)13(19)17-12/h3-7H,1-2H3,(H,16,17,19). The van der Waals surface area contributed by atoms with Crippen molar-refractivity contribution in [2.45, 2.75) is 0 Å². The molecule has 3 aromatic rings. The Balaban J connectivity index is 2.21. The van der Waals surface area contributed by atoms with Crippen LogP contribution in [0.1, 0.15) is 10.4 Å². The van der Waals surface area contributed by atoms with E-state index in [2.05, 4.69) is 19.8 Å². The first-order chi connectivity index (χ1) is 10.1. The Morgan fingerprint density at radius 1 is 1.38 bits per heavy atom. The van der Waals surface area contributed by atoms with Crippen molar-refractivity contribution in [2.75, 3.05) is 7.11 Å². The third-order valence-corrected chi connectivity index (χ3v) is 3.11. The normalized spacial score (nSPS) is 10.8. The van der Waals surface area contributed by atoms with Crippen LogP contribution in [-0.2, 0) is 11.8 Å². The van der Waals surface area contributed by atoms with Crippen molar-refractivity contribution < 1.29 is 9.53 Å². The van der Waals surface area contributed by atoms with Crippen LogP contribution in [0.25, 0.3) is 22.3 Å². The molecule has 2 aromatic heterocycles. The Kier molecular flexibility index (Phi) is 3.02. The number of esters is 1. The molecule has 0 amide bonds. The number of aryl methyl sites for hydroxylation is 1. The lowest BCUT2D eigenvalue weighted by Crippen LogP contribution is -2.10. The smallest absolute Gasteiger partial charge is 0.337 e. The van der Waals surface area contributed by atoms with Gasteiger partial charge < -0.3 is 9.72 Å². The van der Waals surface area contributed by atoms with E-state index in [1.54, 1.807) is 30.2 Å². The van der Waals surface area contributed by atoms with Crippen molar-refractivity contribution in [1.29, 1.82) is 0 Å². The zero-order valence-electron chi connectivity index (χ0n) is 11.5. The fourth-order valence-corrected chi connectivity index (χ4v) is 2.06. The lowest BCUT2D eigenvalue weighted by molar-refractivity contribution is 0.0601. The van der Waals surface area contributed by atoms with Gasteiger partial charge in [-0.2, -0.15) is 5.10 Å². The second kappa shape index (κ2) is 4.86. The molecular formula is C14H12N4O3. The van der Waals surface area contributed by atoms with E-state index in [0.717, 1.165) is 0 Å². The van der Waals surface area contributed by atoms with Crippen LogP contribution in [0.5, 0.6) is 0 Å². The number of fused-ring (bicyclic) bond motifs is 1. The lowest BCUT2D eigenvalue weighted by atomic mass is 10.1. The first-order valence-electron chi connectivity index (χ1n) is 6.20. The maximum Gasteiger partial charge on any atom is 0.337 e. The number of aromatic nitrogens is 4. The molecule has 0 saturated heterocycles.